The molecule has 3 atom stereocenters. The van der Waals surface area contributed by atoms with Crippen molar-refractivity contribution < 1.29 is 19.4 Å². The van der Waals surface area contributed by atoms with Crippen molar-refractivity contribution in [1.82, 2.24) is 5.32 Å². The molecule has 3 rings (SSSR count). The first-order valence-corrected chi connectivity index (χ1v) is 10.9. The lowest BCUT2D eigenvalue weighted by Crippen LogP contribution is -2.38. The lowest BCUT2D eigenvalue weighted by atomic mass is 9.83. The zero-order valence-corrected chi connectivity index (χ0v) is 18.9. The van der Waals surface area contributed by atoms with Crippen molar-refractivity contribution in [2.24, 2.45) is 11.8 Å². The smallest absolute Gasteiger partial charge is 0.328 e. The first-order chi connectivity index (χ1) is 14.6. The van der Waals surface area contributed by atoms with E-state index in [0.717, 1.165) is 23.1 Å². The van der Waals surface area contributed by atoms with Crippen LogP contribution >= 0.6 is 0 Å². The second-order valence-electron chi connectivity index (χ2n) is 9.75. The molecule has 2 aromatic carbocycles. The van der Waals surface area contributed by atoms with Crippen LogP contribution in [0.15, 0.2) is 54.6 Å². The second-order valence-corrected chi connectivity index (χ2v) is 9.75. The van der Waals surface area contributed by atoms with Gasteiger partial charge < -0.3 is 9.84 Å². The zero-order valence-electron chi connectivity index (χ0n) is 18.9. The van der Waals surface area contributed by atoms with Crippen LogP contribution in [0.4, 0.5) is 0 Å². The summed E-state index contributed by atoms with van der Waals surface area (Å²) in [5.74, 6) is -1.47. The van der Waals surface area contributed by atoms with Gasteiger partial charge in [0.05, 0.1) is 5.92 Å². The van der Waals surface area contributed by atoms with Gasteiger partial charge in [0.15, 0.2) is 0 Å². The van der Waals surface area contributed by atoms with E-state index in [1.807, 2.05) is 39.0 Å². The lowest BCUT2D eigenvalue weighted by molar-refractivity contribution is -0.158. The maximum absolute atomic E-state index is 12.8. The Labute approximate surface area is 184 Å². The molecule has 1 aliphatic rings. The number of hydrogen-bond donors (Lipinski definition) is 2. The van der Waals surface area contributed by atoms with E-state index in [4.69, 9.17) is 4.74 Å². The summed E-state index contributed by atoms with van der Waals surface area (Å²) in [6.45, 7) is 7.89. The molecule has 31 heavy (non-hydrogen) atoms. The summed E-state index contributed by atoms with van der Waals surface area (Å²) in [6.07, 6.45) is 1.81. The van der Waals surface area contributed by atoms with Crippen LogP contribution < -0.4 is 5.32 Å². The highest BCUT2D eigenvalue weighted by Crippen LogP contribution is 2.34. The maximum atomic E-state index is 12.8. The minimum atomic E-state index is -0.806. The highest BCUT2D eigenvalue weighted by atomic mass is 16.6. The van der Waals surface area contributed by atoms with Crippen LogP contribution in [-0.2, 0) is 20.7 Å². The molecular weight excluding hydrogens is 390 g/mol. The fourth-order valence-corrected chi connectivity index (χ4v) is 3.98. The number of hydrogen-bond acceptors (Lipinski definition) is 4. The van der Waals surface area contributed by atoms with Crippen LogP contribution in [0.3, 0.4) is 0 Å². The van der Waals surface area contributed by atoms with Gasteiger partial charge in [-0.1, -0.05) is 61.5 Å². The first kappa shape index (κ1) is 23.0. The third-order valence-corrected chi connectivity index (χ3v) is 5.72. The van der Waals surface area contributed by atoms with Crippen LogP contribution in [0.5, 0.6) is 0 Å². The Bertz CT molecular complexity index is 895. The average molecular weight is 424 g/mol. The third kappa shape index (κ3) is 6.41. The van der Waals surface area contributed by atoms with Crippen molar-refractivity contribution in [2.45, 2.75) is 58.1 Å². The van der Waals surface area contributed by atoms with E-state index in [2.05, 4.69) is 41.7 Å². The molecule has 0 radical (unpaired) electrons. The number of carbonyl (C=O) groups excluding carboxylic acids is 1. The Morgan fingerprint density at radius 3 is 2.16 bits per heavy atom. The van der Waals surface area contributed by atoms with Gasteiger partial charge in [-0.25, -0.2) is 4.79 Å². The molecule has 0 amide bonds. The summed E-state index contributed by atoms with van der Waals surface area (Å²) in [7, 11) is 0. The number of carboxylic acids is 1. The molecule has 2 aromatic rings. The van der Waals surface area contributed by atoms with Crippen molar-refractivity contribution >= 4 is 11.9 Å². The predicted octanol–water partition coefficient (Wildman–Crippen LogP) is 4.70. The van der Waals surface area contributed by atoms with Crippen molar-refractivity contribution in [1.29, 1.82) is 0 Å². The normalized spacial score (nSPS) is 20.0. The minimum absolute atomic E-state index is 0.0520. The van der Waals surface area contributed by atoms with E-state index in [1.54, 1.807) is 6.92 Å². The molecule has 166 valence electrons. The molecule has 5 nitrogen and oxygen atoms in total. The number of carbonyl (C=O) groups is 2. The molecular formula is C26H33NO4. The first-order valence-electron chi connectivity index (χ1n) is 10.9. The lowest BCUT2D eigenvalue weighted by Gasteiger charge is -2.26. The monoisotopic (exact) mass is 423 g/mol. The molecule has 1 saturated heterocycles. The fraction of sp³-hybridized carbons (Fsp3) is 0.462. The Morgan fingerprint density at radius 1 is 1.06 bits per heavy atom. The molecule has 2 N–H and O–H groups in total. The average Bonchev–Trinajstić information content (AvgIpc) is 3.48. The predicted molar refractivity (Wildman–Crippen MR) is 122 cm³/mol. The van der Waals surface area contributed by atoms with E-state index in [1.165, 1.54) is 0 Å². The highest BCUT2D eigenvalue weighted by Gasteiger charge is 2.53. The fourth-order valence-electron chi connectivity index (χ4n) is 3.98. The van der Waals surface area contributed by atoms with Gasteiger partial charge in [0, 0.05) is 6.54 Å². The van der Waals surface area contributed by atoms with Crippen LogP contribution in [0.2, 0.25) is 0 Å². The SMILES string of the molecule is CC(CC(Cc1ccc(-c2ccccc2)cc1)CC1(C(=O)OC(C)(C)C)CN1)C(=O)O. The Balaban J connectivity index is 1.73. The molecule has 1 fully saturated rings. The van der Waals surface area contributed by atoms with Gasteiger partial charge in [-0.3, -0.25) is 10.1 Å². The molecule has 5 heteroatoms. The summed E-state index contributed by atoms with van der Waals surface area (Å²) < 4.78 is 5.62. The van der Waals surface area contributed by atoms with Gasteiger partial charge in [-0.05, 0) is 62.6 Å². The summed E-state index contributed by atoms with van der Waals surface area (Å²) in [6, 6.07) is 18.6. The Hall–Kier alpha value is -2.66. The van der Waals surface area contributed by atoms with Gasteiger partial charge in [-0.15, -0.1) is 0 Å². The van der Waals surface area contributed by atoms with E-state index in [-0.39, 0.29) is 11.9 Å². The quantitative estimate of drug-likeness (QED) is 0.451. The van der Waals surface area contributed by atoms with E-state index < -0.39 is 23.0 Å². The summed E-state index contributed by atoms with van der Waals surface area (Å²) in [4.78, 5) is 24.2. The van der Waals surface area contributed by atoms with Crippen molar-refractivity contribution in [3.63, 3.8) is 0 Å². The molecule has 0 saturated carbocycles. The number of carboxylic acid groups (broad SMARTS) is 1. The van der Waals surface area contributed by atoms with Gasteiger partial charge in [-0.2, -0.15) is 0 Å². The van der Waals surface area contributed by atoms with Crippen molar-refractivity contribution in [3.8, 4) is 11.1 Å². The van der Waals surface area contributed by atoms with Crippen molar-refractivity contribution in [2.75, 3.05) is 6.54 Å². The molecule has 1 heterocycles. The van der Waals surface area contributed by atoms with E-state index >= 15 is 0 Å². The molecule has 0 aromatic heterocycles. The van der Waals surface area contributed by atoms with E-state index in [0.29, 0.717) is 19.4 Å². The topological polar surface area (TPSA) is 85.5 Å². The van der Waals surface area contributed by atoms with Crippen LogP contribution in [0.1, 0.15) is 46.1 Å². The summed E-state index contributed by atoms with van der Waals surface area (Å²) in [5.41, 5.74) is 2.21. The molecule has 0 aliphatic carbocycles. The summed E-state index contributed by atoms with van der Waals surface area (Å²) in [5, 5.41) is 12.6. The number of rotatable bonds is 9. The number of benzene rings is 2. The van der Waals surface area contributed by atoms with Gasteiger partial charge >= 0.3 is 11.9 Å². The van der Waals surface area contributed by atoms with Gasteiger partial charge in [0.1, 0.15) is 11.1 Å². The van der Waals surface area contributed by atoms with Crippen LogP contribution in [-0.4, -0.2) is 34.7 Å². The standard InChI is InChI=1S/C26H33NO4/c1-18(23(28)29)14-20(16-26(17-27-26)24(30)31-25(2,3)4)15-19-10-12-22(13-11-19)21-8-6-5-7-9-21/h5-13,18,20,27H,14-17H2,1-4H3,(H,28,29). The molecule has 3 unspecified atom stereocenters. The van der Waals surface area contributed by atoms with Gasteiger partial charge in [0.2, 0.25) is 0 Å². The Kier molecular flexibility index (Phi) is 6.85. The summed E-state index contributed by atoms with van der Waals surface area (Å²) >= 11 is 0. The van der Waals surface area contributed by atoms with Crippen LogP contribution in [0.25, 0.3) is 11.1 Å². The van der Waals surface area contributed by atoms with Crippen LogP contribution in [0, 0.1) is 11.8 Å². The largest absolute Gasteiger partial charge is 0.481 e. The van der Waals surface area contributed by atoms with E-state index in [9.17, 15) is 14.7 Å². The molecule has 1 aliphatic heterocycles. The number of ether oxygens (including phenoxy) is 1. The number of esters is 1. The maximum Gasteiger partial charge on any atom is 0.328 e. The third-order valence-electron chi connectivity index (χ3n) is 5.72. The van der Waals surface area contributed by atoms with Gasteiger partial charge in [0.25, 0.3) is 0 Å². The zero-order chi connectivity index (χ0) is 22.6. The molecule has 0 spiro atoms. The Morgan fingerprint density at radius 2 is 1.65 bits per heavy atom. The number of aliphatic carboxylic acids is 1. The highest BCUT2D eigenvalue weighted by molar-refractivity contribution is 5.85. The van der Waals surface area contributed by atoms with Crippen molar-refractivity contribution in [3.05, 3.63) is 60.2 Å². The minimum Gasteiger partial charge on any atom is -0.481 e. The number of nitrogens with one attached hydrogen (secondary N) is 1. The molecule has 0 bridgehead atoms. The second kappa shape index (κ2) is 9.23.